The zero-order chi connectivity index (χ0) is 43.0. The van der Waals surface area contributed by atoms with Gasteiger partial charge in [0, 0.05) is 12.6 Å². The highest BCUT2D eigenvalue weighted by molar-refractivity contribution is 5.98. The van der Waals surface area contributed by atoms with Gasteiger partial charge < -0.3 is 59.9 Å². The molecule has 310 valence electrons. The smallest absolute Gasteiger partial charge is 0.299 e. The highest BCUT2D eigenvalue weighted by atomic mass is 16.6. The van der Waals surface area contributed by atoms with Gasteiger partial charge in [0.05, 0.1) is 28.4 Å². The summed E-state index contributed by atoms with van der Waals surface area (Å²) in [5.41, 5.74) is 19.6. The van der Waals surface area contributed by atoms with Gasteiger partial charge in [-0.05, 0) is 45.6 Å². The van der Waals surface area contributed by atoms with E-state index in [0.29, 0.717) is 6.07 Å². The van der Waals surface area contributed by atoms with E-state index in [2.05, 4.69) is 36.9 Å². The van der Waals surface area contributed by atoms with Gasteiger partial charge in [0.2, 0.25) is 41.4 Å². The first-order valence-electron chi connectivity index (χ1n) is 17.0. The van der Waals surface area contributed by atoms with Crippen molar-refractivity contribution in [2.24, 2.45) is 33.8 Å². The zero-order valence-corrected chi connectivity index (χ0v) is 31.3. The second kappa shape index (κ2) is 21.9. The molecule has 25 heteroatoms. The Hall–Kier alpha value is -6.66. The lowest BCUT2D eigenvalue weighted by molar-refractivity contribution is -0.393. The Morgan fingerprint density at radius 2 is 1.27 bits per heavy atom. The Balaban J connectivity index is 3.19. The summed E-state index contributed by atoms with van der Waals surface area (Å²) in [7, 11) is 0. The molecule has 0 aliphatic heterocycles. The average molecular weight is 796 g/mol. The molecule has 0 aliphatic rings. The van der Waals surface area contributed by atoms with Gasteiger partial charge in [-0.2, -0.15) is 0 Å². The average Bonchev–Trinajstić information content (AvgIpc) is 3.08. The quantitative estimate of drug-likeness (QED) is 0.0166. The Bertz CT molecular complexity index is 1680. The van der Waals surface area contributed by atoms with Crippen LogP contribution in [-0.2, 0) is 33.6 Å². The van der Waals surface area contributed by atoms with Crippen LogP contribution < -0.4 is 54.8 Å². The highest BCUT2D eigenvalue weighted by Gasteiger charge is 2.34. The van der Waals surface area contributed by atoms with Crippen LogP contribution in [0.25, 0.3) is 0 Å². The van der Waals surface area contributed by atoms with Crippen molar-refractivity contribution in [3.05, 3.63) is 38.4 Å². The van der Waals surface area contributed by atoms with E-state index in [0.717, 1.165) is 19.1 Å². The van der Waals surface area contributed by atoms with E-state index < -0.39 is 111 Å². The van der Waals surface area contributed by atoms with Gasteiger partial charge in [0.25, 0.3) is 11.4 Å². The molecule has 0 heterocycles. The number of rotatable bonds is 23. The number of hydrogen-bond acceptors (Lipinski definition) is 14. The Kier molecular flexibility index (Phi) is 18.5. The van der Waals surface area contributed by atoms with E-state index in [1.54, 1.807) is 13.8 Å². The molecule has 56 heavy (non-hydrogen) atoms. The molecule has 1 aromatic carbocycles. The number of hydrogen-bond donors (Lipinski definition) is 11. The summed E-state index contributed by atoms with van der Waals surface area (Å²) in [5.74, 6) is -7.45. The number of non-ortho nitro benzene ring substituents is 1. The maximum Gasteiger partial charge on any atom is 0.299 e. The monoisotopic (exact) mass is 795 g/mol. The fraction of sp³-hybridized carbons (Fsp3) is 0.548. The maximum absolute atomic E-state index is 13.5. The van der Waals surface area contributed by atoms with E-state index in [1.165, 1.54) is 13.8 Å². The second-order valence-electron chi connectivity index (χ2n) is 12.9. The summed E-state index contributed by atoms with van der Waals surface area (Å²) in [6.07, 6.45) is -2.36. The number of aliphatic imine (C=N–C) groups is 1. The first-order valence-corrected chi connectivity index (χ1v) is 17.0. The third-order valence-corrected chi connectivity index (χ3v) is 7.86. The van der Waals surface area contributed by atoms with E-state index in [1.807, 2.05) is 0 Å². The summed E-state index contributed by atoms with van der Waals surface area (Å²) in [6, 6.07) is -5.94. The third-order valence-electron chi connectivity index (χ3n) is 7.86. The van der Waals surface area contributed by atoms with Crippen LogP contribution >= 0.6 is 0 Å². The number of amides is 7. The minimum atomic E-state index is -1.73. The summed E-state index contributed by atoms with van der Waals surface area (Å²) < 4.78 is 0. The molecule has 7 atom stereocenters. The van der Waals surface area contributed by atoms with Crippen molar-refractivity contribution in [1.29, 1.82) is 0 Å². The molecule has 1 aromatic rings. The number of nitrogens with zero attached hydrogens (tertiary/aromatic N) is 3. The Morgan fingerprint density at radius 1 is 0.732 bits per heavy atom. The number of nitro benzene ring substituents is 2. The Labute approximate surface area is 319 Å². The molecule has 1 rings (SSSR count). The number of anilines is 1. The fourth-order valence-electron chi connectivity index (χ4n) is 4.83. The van der Waals surface area contributed by atoms with Crippen molar-refractivity contribution in [3.63, 3.8) is 0 Å². The molecule has 0 spiro atoms. The summed E-state index contributed by atoms with van der Waals surface area (Å²) >= 11 is 0. The van der Waals surface area contributed by atoms with Crippen LogP contribution in [0.2, 0.25) is 0 Å². The lowest BCUT2D eigenvalue weighted by Gasteiger charge is -2.27. The molecule has 25 nitrogen and oxygen atoms in total. The SMILES string of the molecule is CC(C)[C@@H](NC(=O)[C@@H](C)NC(=O)[C@@H](NC(=O)[C@H](C)NC(=O)[C@H](CC(N)=O)NC(=O)[C@H](CCCN=C(N)N)Nc1ccc([N+](=O)[O-])cc1[N+](=O)[O-])[C@H](C)O)C(N)=O. The number of nitro groups is 2. The lowest BCUT2D eigenvalue weighted by Crippen LogP contribution is -2.61. The van der Waals surface area contributed by atoms with Crippen molar-refractivity contribution in [2.45, 2.75) is 96.2 Å². The molecular formula is C31H49N13O12. The van der Waals surface area contributed by atoms with Crippen LogP contribution in [0, 0.1) is 26.1 Å². The number of guanidine groups is 1. The maximum atomic E-state index is 13.5. The van der Waals surface area contributed by atoms with Crippen molar-refractivity contribution in [3.8, 4) is 0 Å². The van der Waals surface area contributed by atoms with Gasteiger partial charge in [0.15, 0.2) is 5.96 Å². The van der Waals surface area contributed by atoms with Crippen molar-refractivity contribution < 1.29 is 48.5 Å². The van der Waals surface area contributed by atoms with E-state index >= 15 is 0 Å². The van der Waals surface area contributed by atoms with Gasteiger partial charge in [-0.3, -0.25) is 58.8 Å². The van der Waals surface area contributed by atoms with Gasteiger partial charge in [-0.25, -0.2) is 0 Å². The van der Waals surface area contributed by atoms with E-state index in [4.69, 9.17) is 22.9 Å². The topological polar surface area (TPSA) is 415 Å². The summed E-state index contributed by atoms with van der Waals surface area (Å²) in [6.45, 7) is 6.87. The molecule has 0 saturated carbocycles. The number of primary amides is 2. The van der Waals surface area contributed by atoms with Crippen LogP contribution in [0.4, 0.5) is 17.1 Å². The number of nitrogens with two attached hydrogens (primary N) is 4. The minimum Gasteiger partial charge on any atom is -0.391 e. The van der Waals surface area contributed by atoms with Gasteiger partial charge in [-0.15, -0.1) is 0 Å². The molecular weight excluding hydrogens is 746 g/mol. The molecule has 0 saturated heterocycles. The van der Waals surface area contributed by atoms with Gasteiger partial charge >= 0.3 is 0 Å². The van der Waals surface area contributed by atoms with Crippen molar-refractivity contribution >= 4 is 64.4 Å². The van der Waals surface area contributed by atoms with Crippen LogP contribution in [0.5, 0.6) is 0 Å². The number of benzene rings is 1. The lowest BCUT2D eigenvalue weighted by atomic mass is 10.0. The Morgan fingerprint density at radius 3 is 1.73 bits per heavy atom. The zero-order valence-electron chi connectivity index (χ0n) is 31.3. The fourth-order valence-corrected chi connectivity index (χ4v) is 4.83. The minimum absolute atomic E-state index is 0.000544. The van der Waals surface area contributed by atoms with Crippen LogP contribution in [0.15, 0.2) is 23.2 Å². The molecule has 0 unspecified atom stereocenters. The molecule has 15 N–H and O–H groups in total. The molecule has 7 amide bonds. The highest BCUT2D eigenvalue weighted by Crippen LogP contribution is 2.30. The van der Waals surface area contributed by atoms with Crippen molar-refractivity contribution in [2.75, 3.05) is 11.9 Å². The number of carbonyl (C=O) groups is 7. The molecule has 0 radical (unpaired) electrons. The van der Waals surface area contributed by atoms with Gasteiger partial charge in [-0.1, -0.05) is 13.8 Å². The van der Waals surface area contributed by atoms with Gasteiger partial charge in [0.1, 0.15) is 41.9 Å². The number of aliphatic hydroxyl groups excluding tert-OH is 1. The van der Waals surface area contributed by atoms with E-state index in [-0.39, 0.29) is 37.0 Å². The predicted octanol–water partition coefficient (Wildman–Crippen LogP) is -3.80. The molecule has 0 bridgehead atoms. The van der Waals surface area contributed by atoms with Crippen LogP contribution in [0.3, 0.4) is 0 Å². The summed E-state index contributed by atoms with van der Waals surface area (Å²) in [4.78, 5) is 114. The largest absolute Gasteiger partial charge is 0.391 e. The normalized spacial score (nSPS) is 14.6. The van der Waals surface area contributed by atoms with Crippen LogP contribution in [-0.4, -0.2) is 111 Å². The van der Waals surface area contributed by atoms with Crippen LogP contribution in [0.1, 0.15) is 53.9 Å². The van der Waals surface area contributed by atoms with E-state index in [9.17, 15) is 58.9 Å². The molecule has 0 fully saturated rings. The standard InChI is InChI=1S/C31H49N13O12/c1-13(2)23(25(33)47)41-26(48)15(4)38-30(52)24(16(5)45)42-27(49)14(3)37-29(51)20(12-22(32)46)40-28(50)19(7-6-10-36-31(34)35)39-18-9-8-17(43(53)54)11-21(18)44(55)56/h8-9,11,13-16,19-20,23-24,39,45H,6-7,10,12H2,1-5H3,(H2,32,46)(H2,33,47)(H,37,51)(H,38,52)(H,40,50)(H,41,48)(H,42,49)(H4,34,35,36)/t14-,15+,16-,19-,20-,23+,24-/m0/s1. The second-order valence-corrected chi connectivity index (χ2v) is 12.9. The number of carbonyl (C=O) groups excluding carboxylic acids is 7. The third kappa shape index (κ3) is 15.4. The number of aliphatic hydroxyl groups is 1. The first-order chi connectivity index (χ1) is 26.0. The molecule has 0 aromatic heterocycles. The predicted molar refractivity (Wildman–Crippen MR) is 198 cm³/mol. The first kappa shape index (κ1) is 47.4. The van der Waals surface area contributed by atoms with Crippen molar-refractivity contribution in [1.82, 2.24) is 26.6 Å². The number of nitrogens with one attached hydrogen (secondary N) is 6. The molecule has 0 aliphatic carbocycles. The summed E-state index contributed by atoms with van der Waals surface area (Å²) in [5, 5.41) is 47.3.